The summed E-state index contributed by atoms with van der Waals surface area (Å²) in [6, 6.07) is 0.844. The molecule has 0 bridgehead atoms. The Morgan fingerprint density at radius 3 is 2.53 bits per heavy atom. The predicted octanol–water partition coefficient (Wildman–Crippen LogP) is 2.18. The lowest BCUT2D eigenvalue weighted by atomic mass is 9.95. The summed E-state index contributed by atoms with van der Waals surface area (Å²) in [6.45, 7) is 6.54. The molecule has 1 aliphatic carbocycles. The van der Waals surface area contributed by atoms with Gasteiger partial charge in [0.15, 0.2) is 0 Å². The highest BCUT2D eigenvalue weighted by Gasteiger charge is 2.32. The molecule has 4 nitrogen and oxygen atoms in total. The van der Waals surface area contributed by atoms with Crippen LogP contribution in [0.3, 0.4) is 0 Å². The standard InChI is InChI=1S/C15H30N2O2/c1-5-11-17(13-8-9-13)12-7-6-10-15(2,16-3)14(18)19-4/h13,16H,5-12H2,1-4H3. The molecule has 1 aliphatic rings. The Morgan fingerprint density at radius 1 is 1.37 bits per heavy atom. The fraction of sp³-hybridized carbons (Fsp3) is 0.933. The Kier molecular flexibility index (Phi) is 6.80. The molecule has 1 rings (SSSR count). The maximum atomic E-state index is 11.7. The van der Waals surface area contributed by atoms with Gasteiger partial charge >= 0.3 is 5.97 Å². The lowest BCUT2D eigenvalue weighted by Gasteiger charge is -2.27. The first-order valence-electron chi connectivity index (χ1n) is 7.58. The van der Waals surface area contributed by atoms with Crippen LogP contribution < -0.4 is 5.32 Å². The number of hydrogen-bond donors (Lipinski definition) is 1. The van der Waals surface area contributed by atoms with Crippen LogP contribution in [0.4, 0.5) is 0 Å². The van der Waals surface area contributed by atoms with Crippen LogP contribution in [0.2, 0.25) is 0 Å². The Labute approximate surface area is 117 Å². The van der Waals surface area contributed by atoms with E-state index < -0.39 is 5.54 Å². The van der Waals surface area contributed by atoms with Crippen molar-refractivity contribution in [1.82, 2.24) is 10.2 Å². The molecular formula is C15H30N2O2. The first kappa shape index (κ1) is 16.4. The summed E-state index contributed by atoms with van der Waals surface area (Å²) in [5.74, 6) is -0.164. The molecule has 112 valence electrons. The predicted molar refractivity (Wildman–Crippen MR) is 78.2 cm³/mol. The number of methoxy groups -OCH3 is 1. The molecule has 1 atom stereocenters. The number of rotatable bonds is 10. The van der Waals surface area contributed by atoms with Crippen LogP contribution in [0.1, 0.15) is 52.4 Å². The van der Waals surface area contributed by atoms with Gasteiger partial charge in [0.2, 0.25) is 0 Å². The van der Waals surface area contributed by atoms with Gasteiger partial charge in [0.1, 0.15) is 5.54 Å². The second kappa shape index (κ2) is 7.85. The van der Waals surface area contributed by atoms with Crippen LogP contribution in [0.15, 0.2) is 0 Å². The van der Waals surface area contributed by atoms with Crippen molar-refractivity contribution in [3.05, 3.63) is 0 Å². The highest BCUT2D eigenvalue weighted by atomic mass is 16.5. The van der Waals surface area contributed by atoms with E-state index in [-0.39, 0.29) is 5.97 Å². The van der Waals surface area contributed by atoms with Crippen molar-refractivity contribution < 1.29 is 9.53 Å². The van der Waals surface area contributed by atoms with Crippen molar-refractivity contribution in [1.29, 1.82) is 0 Å². The van der Waals surface area contributed by atoms with Gasteiger partial charge in [-0.3, -0.25) is 4.79 Å². The van der Waals surface area contributed by atoms with Crippen molar-refractivity contribution in [2.75, 3.05) is 27.2 Å². The molecule has 0 radical (unpaired) electrons. The van der Waals surface area contributed by atoms with E-state index >= 15 is 0 Å². The summed E-state index contributed by atoms with van der Waals surface area (Å²) >= 11 is 0. The zero-order valence-corrected chi connectivity index (χ0v) is 13.0. The van der Waals surface area contributed by atoms with E-state index in [9.17, 15) is 4.79 Å². The molecule has 0 aromatic heterocycles. The zero-order valence-electron chi connectivity index (χ0n) is 13.0. The van der Waals surface area contributed by atoms with Crippen LogP contribution >= 0.6 is 0 Å². The van der Waals surface area contributed by atoms with Gasteiger partial charge in [-0.1, -0.05) is 6.92 Å². The first-order valence-corrected chi connectivity index (χ1v) is 7.58. The fourth-order valence-electron chi connectivity index (χ4n) is 2.55. The molecule has 1 fully saturated rings. The summed E-state index contributed by atoms with van der Waals surface area (Å²) < 4.78 is 4.86. The summed E-state index contributed by atoms with van der Waals surface area (Å²) in [5.41, 5.74) is -0.538. The van der Waals surface area contributed by atoms with Crippen molar-refractivity contribution in [3.63, 3.8) is 0 Å². The topological polar surface area (TPSA) is 41.6 Å². The van der Waals surface area contributed by atoms with Crippen LogP contribution in [0.25, 0.3) is 0 Å². The summed E-state index contributed by atoms with van der Waals surface area (Å²) in [7, 11) is 3.28. The summed E-state index contributed by atoms with van der Waals surface area (Å²) in [4.78, 5) is 14.3. The molecule has 1 saturated carbocycles. The van der Waals surface area contributed by atoms with Gasteiger partial charge in [0, 0.05) is 6.04 Å². The number of carbonyl (C=O) groups excluding carboxylic acids is 1. The van der Waals surface area contributed by atoms with Gasteiger partial charge in [0.05, 0.1) is 7.11 Å². The Hall–Kier alpha value is -0.610. The quantitative estimate of drug-likeness (QED) is 0.488. The molecule has 19 heavy (non-hydrogen) atoms. The number of likely N-dealkylation sites (N-methyl/N-ethyl adjacent to an activating group) is 1. The van der Waals surface area contributed by atoms with Gasteiger partial charge < -0.3 is 15.0 Å². The van der Waals surface area contributed by atoms with Gasteiger partial charge in [-0.15, -0.1) is 0 Å². The number of nitrogens with one attached hydrogen (secondary N) is 1. The maximum Gasteiger partial charge on any atom is 0.325 e. The van der Waals surface area contributed by atoms with Crippen molar-refractivity contribution >= 4 is 5.97 Å². The van der Waals surface area contributed by atoms with Crippen LogP contribution in [-0.2, 0) is 9.53 Å². The minimum absolute atomic E-state index is 0.164. The smallest absolute Gasteiger partial charge is 0.325 e. The molecule has 0 heterocycles. The van der Waals surface area contributed by atoms with Crippen LogP contribution in [0.5, 0.6) is 0 Å². The molecule has 0 saturated heterocycles. The minimum Gasteiger partial charge on any atom is -0.468 e. The lowest BCUT2D eigenvalue weighted by molar-refractivity contribution is -0.148. The van der Waals surface area contributed by atoms with Gasteiger partial charge in [-0.25, -0.2) is 0 Å². The SMILES string of the molecule is CCCN(CCCCC(C)(NC)C(=O)OC)C1CC1. The fourth-order valence-corrected chi connectivity index (χ4v) is 2.55. The molecule has 0 amide bonds. The minimum atomic E-state index is -0.538. The second-order valence-corrected chi connectivity index (χ2v) is 5.80. The molecule has 0 aliphatic heterocycles. The number of carbonyl (C=O) groups is 1. The number of unbranched alkanes of at least 4 members (excludes halogenated alkanes) is 1. The zero-order chi connectivity index (χ0) is 14.3. The average molecular weight is 270 g/mol. The number of nitrogens with zero attached hydrogens (tertiary/aromatic N) is 1. The molecule has 0 aromatic rings. The van der Waals surface area contributed by atoms with Crippen LogP contribution in [0, 0.1) is 0 Å². The monoisotopic (exact) mass is 270 g/mol. The number of ether oxygens (including phenoxy) is 1. The van der Waals surface area contributed by atoms with Crippen molar-refractivity contribution in [3.8, 4) is 0 Å². The Balaban J connectivity index is 2.26. The third-order valence-corrected chi connectivity index (χ3v) is 4.13. The highest BCUT2D eigenvalue weighted by Crippen LogP contribution is 2.27. The Bertz CT molecular complexity index is 279. The van der Waals surface area contributed by atoms with Gasteiger partial charge in [0.25, 0.3) is 0 Å². The molecular weight excluding hydrogens is 240 g/mol. The van der Waals surface area contributed by atoms with E-state index in [0.717, 1.165) is 25.3 Å². The maximum absolute atomic E-state index is 11.7. The van der Waals surface area contributed by atoms with Crippen molar-refractivity contribution in [2.24, 2.45) is 0 Å². The second-order valence-electron chi connectivity index (χ2n) is 5.80. The van der Waals surface area contributed by atoms with E-state index in [2.05, 4.69) is 17.1 Å². The lowest BCUT2D eigenvalue weighted by Crippen LogP contribution is -2.48. The number of hydrogen-bond acceptors (Lipinski definition) is 4. The third kappa shape index (κ3) is 5.11. The molecule has 1 unspecified atom stereocenters. The normalized spacial score (nSPS) is 18.4. The molecule has 0 spiro atoms. The van der Waals surface area contributed by atoms with E-state index in [0.29, 0.717) is 0 Å². The molecule has 0 aromatic carbocycles. The molecule has 4 heteroatoms. The Morgan fingerprint density at radius 2 is 2.05 bits per heavy atom. The highest BCUT2D eigenvalue weighted by molar-refractivity contribution is 5.80. The summed E-state index contributed by atoms with van der Waals surface area (Å²) in [6.07, 6.45) is 7.02. The van der Waals surface area contributed by atoms with Gasteiger partial charge in [-0.05, 0) is 65.6 Å². The largest absolute Gasteiger partial charge is 0.468 e. The first-order chi connectivity index (χ1) is 9.07. The number of esters is 1. The van der Waals surface area contributed by atoms with E-state index in [1.807, 2.05) is 14.0 Å². The summed E-state index contributed by atoms with van der Waals surface area (Å²) in [5, 5.41) is 3.09. The van der Waals surface area contributed by atoms with Crippen molar-refractivity contribution in [2.45, 2.75) is 64.0 Å². The van der Waals surface area contributed by atoms with E-state index in [1.165, 1.54) is 39.5 Å². The van der Waals surface area contributed by atoms with E-state index in [4.69, 9.17) is 4.74 Å². The third-order valence-electron chi connectivity index (χ3n) is 4.13. The van der Waals surface area contributed by atoms with Gasteiger partial charge in [-0.2, -0.15) is 0 Å². The molecule has 1 N–H and O–H groups in total. The van der Waals surface area contributed by atoms with Crippen LogP contribution in [-0.4, -0.2) is 49.7 Å². The van der Waals surface area contributed by atoms with E-state index in [1.54, 1.807) is 0 Å². The average Bonchev–Trinajstić information content (AvgIpc) is 3.25.